The topological polar surface area (TPSA) is 64.0 Å². The van der Waals surface area contributed by atoms with Gasteiger partial charge in [-0.25, -0.2) is 4.68 Å². The van der Waals surface area contributed by atoms with Gasteiger partial charge in [-0.1, -0.05) is 18.2 Å². The molecule has 120 valence electrons. The summed E-state index contributed by atoms with van der Waals surface area (Å²) in [5, 5.41) is 7.28. The number of amides is 1. The Morgan fingerprint density at radius 3 is 2.65 bits per heavy atom. The summed E-state index contributed by atoms with van der Waals surface area (Å²) in [5.74, 6) is -0.229. The van der Waals surface area contributed by atoms with Crippen LogP contribution in [0.1, 0.15) is 35.2 Å². The van der Waals surface area contributed by atoms with Crippen molar-refractivity contribution in [1.82, 2.24) is 9.78 Å². The van der Waals surface area contributed by atoms with Crippen molar-refractivity contribution >= 4 is 11.6 Å². The number of hydrogen-bond acceptors (Lipinski definition) is 3. The molecule has 0 aliphatic heterocycles. The second-order valence-electron chi connectivity index (χ2n) is 6.13. The third-order valence-electron chi connectivity index (χ3n) is 4.31. The van der Waals surface area contributed by atoms with Gasteiger partial charge in [-0.15, -0.1) is 0 Å². The molecule has 1 N–H and O–H groups in total. The minimum atomic E-state index is -0.229. The van der Waals surface area contributed by atoms with E-state index in [4.69, 9.17) is 0 Å². The molecule has 23 heavy (non-hydrogen) atoms. The molecule has 0 unspecified atom stereocenters. The van der Waals surface area contributed by atoms with Gasteiger partial charge in [0, 0.05) is 11.8 Å². The summed E-state index contributed by atoms with van der Waals surface area (Å²) < 4.78 is 1.27. The SMILES string of the molecule is Cc1cccc(C)c1NC(=O)Cn1nc2c(cc1=O)CCCC2. The van der Waals surface area contributed by atoms with E-state index >= 15 is 0 Å². The third-order valence-corrected chi connectivity index (χ3v) is 4.31. The average molecular weight is 311 g/mol. The fourth-order valence-electron chi connectivity index (χ4n) is 3.04. The van der Waals surface area contributed by atoms with E-state index in [1.807, 2.05) is 32.0 Å². The lowest BCUT2D eigenvalue weighted by atomic mass is 9.97. The van der Waals surface area contributed by atoms with E-state index in [0.29, 0.717) is 0 Å². The molecular weight excluding hydrogens is 290 g/mol. The molecule has 0 saturated heterocycles. The van der Waals surface area contributed by atoms with Crippen molar-refractivity contribution < 1.29 is 4.79 Å². The van der Waals surface area contributed by atoms with Crippen LogP contribution >= 0.6 is 0 Å². The lowest BCUT2D eigenvalue weighted by molar-refractivity contribution is -0.117. The molecule has 0 atom stereocenters. The molecule has 0 saturated carbocycles. The summed E-state index contributed by atoms with van der Waals surface area (Å²) in [5.41, 5.74) is 4.60. The summed E-state index contributed by atoms with van der Waals surface area (Å²) in [4.78, 5) is 24.4. The number of anilines is 1. The van der Waals surface area contributed by atoms with Crippen LogP contribution in [0.4, 0.5) is 5.69 Å². The summed E-state index contributed by atoms with van der Waals surface area (Å²) in [6, 6.07) is 7.49. The van der Waals surface area contributed by atoms with Gasteiger partial charge >= 0.3 is 0 Å². The van der Waals surface area contributed by atoms with Crippen LogP contribution in [0.5, 0.6) is 0 Å². The highest BCUT2D eigenvalue weighted by molar-refractivity contribution is 5.92. The normalized spacial score (nSPS) is 13.5. The molecule has 5 heteroatoms. The zero-order valence-electron chi connectivity index (χ0n) is 13.6. The van der Waals surface area contributed by atoms with Gasteiger partial charge in [-0.2, -0.15) is 5.10 Å². The Morgan fingerprint density at radius 1 is 1.22 bits per heavy atom. The molecule has 1 aliphatic carbocycles. The molecule has 5 nitrogen and oxygen atoms in total. The quantitative estimate of drug-likeness (QED) is 0.946. The first-order chi connectivity index (χ1) is 11.0. The highest BCUT2D eigenvalue weighted by Gasteiger charge is 2.15. The molecular formula is C18H21N3O2. The number of aromatic nitrogens is 2. The van der Waals surface area contributed by atoms with Gasteiger partial charge in [-0.3, -0.25) is 9.59 Å². The molecule has 1 aromatic carbocycles. The molecule has 1 heterocycles. The van der Waals surface area contributed by atoms with Crippen LogP contribution in [0.15, 0.2) is 29.1 Å². The van der Waals surface area contributed by atoms with Crippen LogP contribution in [0.25, 0.3) is 0 Å². The zero-order chi connectivity index (χ0) is 16.4. The van der Waals surface area contributed by atoms with Gasteiger partial charge in [0.15, 0.2) is 0 Å². The number of rotatable bonds is 3. The van der Waals surface area contributed by atoms with Crippen LogP contribution in [-0.4, -0.2) is 15.7 Å². The summed E-state index contributed by atoms with van der Waals surface area (Å²) in [6.07, 6.45) is 3.99. The first-order valence-electron chi connectivity index (χ1n) is 8.00. The van der Waals surface area contributed by atoms with Crippen LogP contribution in [0, 0.1) is 13.8 Å². The molecule has 1 amide bonds. The number of benzene rings is 1. The Labute approximate surface area is 135 Å². The summed E-state index contributed by atoms with van der Waals surface area (Å²) in [6.45, 7) is 3.84. The van der Waals surface area contributed by atoms with Crippen LogP contribution in [0.3, 0.4) is 0 Å². The van der Waals surface area contributed by atoms with Gasteiger partial charge in [0.1, 0.15) is 6.54 Å². The highest BCUT2D eigenvalue weighted by atomic mass is 16.2. The van der Waals surface area contributed by atoms with Gasteiger partial charge < -0.3 is 5.32 Å². The summed E-state index contributed by atoms with van der Waals surface area (Å²) in [7, 11) is 0. The number of carbonyl (C=O) groups is 1. The van der Waals surface area contributed by atoms with Gasteiger partial charge in [0.05, 0.1) is 5.69 Å². The molecule has 3 rings (SSSR count). The lowest BCUT2D eigenvalue weighted by Crippen LogP contribution is -2.31. The van der Waals surface area contributed by atoms with Gasteiger partial charge in [0.25, 0.3) is 5.56 Å². The molecule has 2 aromatic rings. The first kappa shape index (κ1) is 15.5. The van der Waals surface area contributed by atoms with Crippen molar-refractivity contribution in [2.45, 2.75) is 46.1 Å². The van der Waals surface area contributed by atoms with E-state index < -0.39 is 0 Å². The molecule has 0 fully saturated rings. The number of nitrogens with one attached hydrogen (secondary N) is 1. The molecule has 0 radical (unpaired) electrons. The number of aryl methyl sites for hydroxylation is 4. The van der Waals surface area contributed by atoms with E-state index in [2.05, 4.69) is 10.4 Å². The smallest absolute Gasteiger partial charge is 0.267 e. The number of fused-ring (bicyclic) bond motifs is 1. The number of para-hydroxylation sites is 1. The van der Waals surface area contributed by atoms with Crippen molar-refractivity contribution in [2.75, 3.05) is 5.32 Å². The van der Waals surface area contributed by atoms with E-state index in [1.54, 1.807) is 6.07 Å². The maximum absolute atomic E-state index is 12.3. The number of carbonyl (C=O) groups excluding carboxylic acids is 1. The van der Waals surface area contributed by atoms with E-state index in [0.717, 1.165) is 53.8 Å². The van der Waals surface area contributed by atoms with Crippen molar-refractivity contribution in [1.29, 1.82) is 0 Å². The molecule has 1 aliphatic rings. The van der Waals surface area contributed by atoms with E-state index in [-0.39, 0.29) is 18.0 Å². The van der Waals surface area contributed by atoms with E-state index in [1.165, 1.54) is 4.68 Å². The lowest BCUT2D eigenvalue weighted by Gasteiger charge is -2.16. The minimum Gasteiger partial charge on any atom is -0.324 e. The zero-order valence-corrected chi connectivity index (χ0v) is 13.6. The second-order valence-corrected chi connectivity index (χ2v) is 6.13. The fourth-order valence-corrected chi connectivity index (χ4v) is 3.04. The largest absolute Gasteiger partial charge is 0.324 e. The van der Waals surface area contributed by atoms with Crippen LogP contribution in [-0.2, 0) is 24.2 Å². The Morgan fingerprint density at radius 2 is 1.91 bits per heavy atom. The fraction of sp³-hybridized carbons (Fsp3) is 0.389. The van der Waals surface area contributed by atoms with Crippen molar-refractivity contribution in [3.05, 3.63) is 57.0 Å². The maximum Gasteiger partial charge on any atom is 0.267 e. The van der Waals surface area contributed by atoms with Gasteiger partial charge in [-0.05, 0) is 56.2 Å². The molecule has 1 aromatic heterocycles. The predicted molar refractivity (Wildman–Crippen MR) is 89.7 cm³/mol. The Bertz CT molecular complexity index is 788. The van der Waals surface area contributed by atoms with Crippen LogP contribution < -0.4 is 10.9 Å². The number of hydrogen-bond donors (Lipinski definition) is 1. The van der Waals surface area contributed by atoms with Crippen molar-refractivity contribution in [3.8, 4) is 0 Å². The van der Waals surface area contributed by atoms with E-state index in [9.17, 15) is 9.59 Å². The average Bonchev–Trinajstić information content (AvgIpc) is 2.52. The number of nitrogens with zero attached hydrogens (tertiary/aromatic N) is 2. The minimum absolute atomic E-state index is 0.0557. The van der Waals surface area contributed by atoms with Gasteiger partial charge in [0.2, 0.25) is 5.91 Å². The van der Waals surface area contributed by atoms with Crippen molar-refractivity contribution in [3.63, 3.8) is 0 Å². The monoisotopic (exact) mass is 311 g/mol. The Hall–Kier alpha value is -2.43. The maximum atomic E-state index is 12.3. The summed E-state index contributed by atoms with van der Waals surface area (Å²) >= 11 is 0. The second kappa shape index (κ2) is 6.36. The predicted octanol–water partition coefficient (Wildman–Crippen LogP) is 2.38. The molecule has 0 spiro atoms. The Balaban J connectivity index is 1.79. The Kier molecular flexibility index (Phi) is 4.28. The third kappa shape index (κ3) is 3.33. The standard InChI is InChI=1S/C18H21N3O2/c1-12-6-5-7-13(2)18(12)19-16(22)11-21-17(23)10-14-8-3-4-9-15(14)20-21/h5-7,10H,3-4,8-9,11H2,1-2H3,(H,19,22). The first-order valence-corrected chi connectivity index (χ1v) is 8.00. The van der Waals surface area contributed by atoms with Crippen LogP contribution in [0.2, 0.25) is 0 Å². The molecule has 0 bridgehead atoms. The highest BCUT2D eigenvalue weighted by Crippen LogP contribution is 2.19. The van der Waals surface area contributed by atoms with Crippen molar-refractivity contribution in [2.24, 2.45) is 0 Å².